The highest BCUT2D eigenvalue weighted by atomic mass is 16.2. The van der Waals surface area contributed by atoms with E-state index in [-0.39, 0.29) is 12.5 Å². The van der Waals surface area contributed by atoms with E-state index >= 15 is 0 Å². The Kier molecular flexibility index (Phi) is 5.14. The van der Waals surface area contributed by atoms with E-state index in [0.717, 1.165) is 6.54 Å². The van der Waals surface area contributed by atoms with E-state index in [9.17, 15) is 4.79 Å². The summed E-state index contributed by atoms with van der Waals surface area (Å²) in [5.41, 5.74) is 1.24. The number of carbonyl (C=O) groups excluding carboxylic acids is 1. The van der Waals surface area contributed by atoms with Crippen molar-refractivity contribution in [3.05, 3.63) is 29.6 Å². The van der Waals surface area contributed by atoms with Gasteiger partial charge in [-0.1, -0.05) is 11.8 Å². The Morgan fingerprint density at radius 1 is 1.55 bits per heavy atom. The summed E-state index contributed by atoms with van der Waals surface area (Å²) in [6, 6.07) is 1.72. The first-order valence-electron chi connectivity index (χ1n) is 7.09. The summed E-state index contributed by atoms with van der Waals surface area (Å²) in [4.78, 5) is 18.5. The number of hydrogen-bond donors (Lipinski definition) is 1. The van der Waals surface area contributed by atoms with Gasteiger partial charge in [0.1, 0.15) is 0 Å². The van der Waals surface area contributed by atoms with Crippen molar-refractivity contribution in [2.75, 3.05) is 19.7 Å². The third kappa shape index (κ3) is 3.82. The van der Waals surface area contributed by atoms with Gasteiger partial charge in [0.15, 0.2) is 0 Å². The molecule has 1 aliphatic carbocycles. The van der Waals surface area contributed by atoms with Gasteiger partial charge in [-0.05, 0) is 31.7 Å². The van der Waals surface area contributed by atoms with E-state index in [1.54, 1.807) is 18.5 Å². The second-order valence-corrected chi connectivity index (χ2v) is 4.98. The maximum atomic E-state index is 12.6. The Bertz CT molecular complexity index is 527. The van der Waals surface area contributed by atoms with Crippen LogP contribution in [0.25, 0.3) is 0 Å². The molecule has 1 saturated carbocycles. The second kappa shape index (κ2) is 7.06. The molecule has 1 amide bonds. The van der Waals surface area contributed by atoms with Crippen LogP contribution in [0.5, 0.6) is 0 Å². The van der Waals surface area contributed by atoms with Crippen molar-refractivity contribution < 1.29 is 9.90 Å². The molecule has 4 nitrogen and oxygen atoms in total. The Labute approximate surface area is 119 Å². The molecular formula is C16H20N2O2. The summed E-state index contributed by atoms with van der Waals surface area (Å²) in [6.07, 6.45) is 6.09. The first-order chi connectivity index (χ1) is 9.76. The predicted octanol–water partition coefficient (Wildman–Crippen LogP) is 1.69. The Morgan fingerprint density at radius 3 is 3.00 bits per heavy atom. The molecule has 2 rings (SSSR count). The van der Waals surface area contributed by atoms with Crippen LogP contribution in [-0.2, 0) is 0 Å². The van der Waals surface area contributed by atoms with Gasteiger partial charge >= 0.3 is 0 Å². The summed E-state index contributed by atoms with van der Waals surface area (Å²) < 4.78 is 0. The lowest BCUT2D eigenvalue weighted by Crippen LogP contribution is -2.33. The van der Waals surface area contributed by atoms with E-state index in [1.807, 2.05) is 11.8 Å². The first kappa shape index (κ1) is 14.5. The van der Waals surface area contributed by atoms with Gasteiger partial charge in [-0.25, -0.2) is 0 Å². The summed E-state index contributed by atoms with van der Waals surface area (Å²) in [6.45, 7) is 3.57. The molecule has 0 aliphatic heterocycles. The molecule has 1 fully saturated rings. The molecule has 0 aromatic carbocycles. The molecule has 0 bridgehead atoms. The number of hydrogen-bond acceptors (Lipinski definition) is 3. The summed E-state index contributed by atoms with van der Waals surface area (Å²) in [5.74, 6) is 6.46. The molecule has 1 aliphatic rings. The maximum Gasteiger partial charge on any atom is 0.255 e. The number of carbonyl (C=O) groups is 1. The topological polar surface area (TPSA) is 53.4 Å². The molecule has 20 heavy (non-hydrogen) atoms. The van der Waals surface area contributed by atoms with Crippen LogP contribution in [0.4, 0.5) is 0 Å². The van der Waals surface area contributed by atoms with Gasteiger partial charge in [0.25, 0.3) is 5.91 Å². The smallest absolute Gasteiger partial charge is 0.255 e. The lowest BCUT2D eigenvalue weighted by Gasteiger charge is -2.21. The Balaban J connectivity index is 2.17. The van der Waals surface area contributed by atoms with Crippen LogP contribution in [-0.4, -0.2) is 40.6 Å². The van der Waals surface area contributed by atoms with E-state index in [0.29, 0.717) is 30.0 Å². The molecule has 0 atom stereocenters. The van der Waals surface area contributed by atoms with Crippen molar-refractivity contribution in [2.24, 2.45) is 5.92 Å². The quantitative estimate of drug-likeness (QED) is 0.830. The fourth-order valence-corrected chi connectivity index (χ4v) is 2.03. The van der Waals surface area contributed by atoms with E-state index in [2.05, 4.69) is 16.8 Å². The number of aliphatic hydroxyl groups is 1. The molecule has 0 saturated heterocycles. The normalized spacial score (nSPS) is 13.5. The molecule has 0 radical (unpaired) electrons. The molecule has 106 valence electrons. The lowest BCUT2D eigenvalue weighted by atomic mass is 10.1. The molecular weight excluding hydrogens is 252 g/mol. The average Bonchev–Trinajstić information content (AvgIpc) is 3.29. The van der Waals surface area contributed by atoms with Gasteiger partial charge in [-0.15, -0.1) is 0 Å². The second-order valence-electron chi connectivity index (χ2n) is 4.98. The lowest BCUT2D eigenvalue weighted by molar-refractivity contribution is 0.0756. The number of pyridine rings is 1. The van der Waals surface area contributed by atoms with Crippen LogP contribution in [0.1, 0.15) is 42.1 Å². The largest absolute Gasteiger partial charge is 0.395 e. The van der Waals surface area contributed by atoms with Crippen LogP contribution in [0, 0.1) is 17.8 Å². The standard InChI is InChI=1S/C16H20N2O2/c1-2-18(12-13-6-7-13)16(20)15-8-9-17-11-14(15)5-3-4-10-19/h8-9,11,13,19H,2,4,6-7,10,12H2,1H3. The monoisotopic (exact) mass is 272 g/mol. The zero-order chi connectivity index (χ0) is 14.4. The third-order valence-corrected chi connectivity index (χ3v) is 3.36. The zero-order valence-corrected chi connectivity index (χ0v) is 11.8. The van der Waals surface area contributed by atoms with Crippen LogP contribution >= 0.6 is 0 Å². The minimum absolute atomic E-state index is 0.0232. The molecule has 1 N–H and O–H groups in total. The number of aliphatic hydroxyl groups excluding tert-OH is 1. The SMILES string of the molecule is CCN(CC1CC1)C(=O)c1ccncc1C#CCCO. The van der Waals surface area contributed by atoms with Gasteiger partial charge in [0.2, 0.25) is 0 Å². The fraction of sp³-hybridized carbons (Fsp3) is 0.500. The fourth-order valence-electron chi connectivity index (χ4n) is 2.03. The number of nitrogens with zero attached hydrogens (tertiary/aromatic N) is 2. The molecule has 1 aromatic heterocycles. The van der Waals surface area contributed by atoms with Crippen molar-refractivity contribution in [1.82, 2.24) is 9.88 Å². The van der Waals surface area contributed by atoms with Gasteiger partial charge in [0.05, 0.1) is 17.7 Å². The van der Waals surface area contributed by atoms with E-state index < -0.39 is 0 Å². The highest BCUT2D eigenvalue weighted by Crippen LogP contribution is 2.30. The maximum absolute atomic E-state index is 12.6. The van der Waals surface area contributed by atoms with Crippen LogP contribution in [0.2, 0.25) is 0 Å². The third-order valence-electron chi connectivity index (χ3n) is 3.36. The first-order valence-corrected chi connectivity index (χ1v) is 7.09. The molecule has 0 spiro atoms. The van der Waals surface area contributed by atoms with Gasteiger partial charge < -0.3 is 10.0 Å². The Morgan fingerprint density at radius 2 is 2.35 bits per heavy atom. The van der Waals surface area contributed by atoms with Crippen molar-refractivity contribution >= 4 is 5.91 Å². The van der Waals surface area contributed by atoms with Crippen molar-refractivity contribution in [2.45, 2.75) is 26.2 Å². The number of amides is 1. The van der Waals surface area contributed by atoms with Gasteiger partial charge in [0, 0.05) is 31.9 Å². The summed E-state index contributed by atoms with van der Waals surface area (Å²) >= 11 is 0. The Hall–Kier alpha value is -1.86. The van der Waals surface area contributed by atoms with Crippen LogP contribution in [0.3, 0.4) is 0 Å². The van der Waals surface area contributed by atoms with E-state index in [4.69, 9.17) is 5.11 Å². The predicted molar refractivity (Wildman–Crippen MR) is 77.1 cm³/mol. The summed E-state index contributed by atoms with van der Waals surface area (Å²) in [5, 5.41) is 8.76. The highest BCUT2D eigenvalue weighted by Gasteiger charge is 2.27. The van der Waals surface area contributed by atoms with Crippen molar-refractivity contribution in [3.8, 4) is 11.8 Å². The number of aromatic nitrogens is 1. The molecule has 1 aromatic rings. The number of rotatable bonds is 5. The van der Waals surface area contributed by atoms with Crippen LogP contribution < -0.4 is 0 Å². The highest BCUT2D eigenvalue weighted by molar-refractivity contribution is 5.96. The molecule has 1 heterocycles. The minimum Gasteiger partial charge on any atom is -0.395 e. The van der Waals surface area contributed by atoms with E-state index in [1.165, 1.54) is 12.8 Å². The van der Waals surface area contributed by atoms with Gasteiger partial charge in [-0.2, -0.15) is 0 Å². The average molecular weight is 272 g/mol. The minimum atomic E-state index is 0.0232. The van der Waals surface area contributed by atoms with Gasteiger partial charge in [-0.3, -0.25) is 9.78 Å². The van der Waals surface area contributed by atoms with Crippen LogP contribution in [0.15, 0.2) is 18.5 Å². The summed E-state index contributed by atoms with van der Waals surface area (Å²) in [7, 11) is 0. The zero-order valence-electron chi connectivity index (χ0n) is 11.8. The van der Waals surface area contributed by atoms with Crippen molar-refractivity contribution in [1.29, 1.82) is 0 Å². The molecule has 0 unspecified atom stereocenters. The van der Waals surface area contributed by atoms with Crippen molar-refractivity contribution in [3.63, 3.8) is 0 Å². The molecule has 4 heteroatoms.